The van der Waals surface area contributed by atoms with E-state index in [1.165, 1.54) is 52.0 Å². The van der Waals surface area contributed by atoms with Crippen LogP contribution in [0.2, 0.25) is 0 Å². The average Bonchev–Trinajstić information content (AvgIpc) is 2.81. The molecule has 2 atom stereocenters. The Labute approximate surface area is 107 Å². The molecular formula is C14H29N3. The molecule has 2 heterocycles. The van der Waals surface area contributed by atoms with Gasteiger partial charge in [-0.05, 0) is 46.2 Å². The Hall–Kier alpha value is -0.120. The van der Waals surface area contributed by atoms with Crippen molar-refractivity contribution in [3.05, 3.63) is 0 Å². The quantitative estimate of drug-likeness (QED) is 0.803. The number of likely N-dealkylation sites (N-methyl/N-ethyl adjacent to an activating group) is 1. The molecule has 0 spiro atoms. The van der Waals surface area contributed by atoms with Gasteiger partial charge in [0.05, 0.1) is 0 Å². The van der Waals surface area contributed by atoms with E-state index in [1.54, 1.807) is 0 Å². The molecule has 2 aliphatic rings. The smallest absolute Gasteiger partial charge is 0.0238 e. The summed E-state index contributed by atoms with van der Waals surface area (Å²) in [6, 6.07) is 2.29. The summed E-state index contributed by atoms with van der Waals surface area (Å²) in [6.07, 6.45) is 4.10. The second kappa shape index (κ2) is 6.17. The molecule has 0 bridgehead atoms. The van der Waals surface area contributed by atoms with Crippen LogP contribution in [0.25, 0.3) is 0 Å². The van der Waals surface area contributed by atoms with Crippen LogP contribution in [0.4, 0.5) is 0 Å². The summed E-state index contributed by atoms with van der Waals surface area (Å²) in [5.74, 6) is 0. The van der Waals surface area contributed by atoms with Crippen molar-refractivity contribution in [2.24, 2.45) is 0 Å². The van der Waals surface area contributed by atoms with E-state index < -0.39 is 0 Å². The van der Waals surface area contributed by atoms with Crippen molar-refractivity contribution in [1.29, 1.82) is 0 Å². The first-order valence-electron chi connectivity index (χ1n) is 7.43. The summed E-state index contributed by atoms with van der Waals surface area (Å²) in [4.78, 5) is 5.39. The highest BCUT2D eigenvalue weighted by molar-refractivity contribution is 4.89. The fourth-order valence-electron chi connectivity index (χ4n) is 3.44. The van der Waals surface area contributed by atoms with E-state index >= 15 is 0 Å². The summed E-state index contributed by atoms with van der Waals surface area (Å²) < 4.78 is 0. The third kappa shape index (κ3) is 3.21. The van der Waals surface area contributed by atoms with Crippen LogP contribution in [-0.2, 0) is 0 Å². The first kappa shape index (κ1) is 13.3. The maximum atomic E-state index is 3.55. The molecule has 2 saturated heterocycles. The first-order valence-corrected chi connectivity index (χ1v) is 7.43. The van der Waals surface area contributed by atoms with Gasteiger partial charge in [-0.1, -0.05) is 6.92 Å². The van der Waals surface area contributed by atoms with Gasteiger partial charge in [0.15, 0.2) is 0 Å². The van der Waals surface area contributed by atoms with Crippen molar-refractivity contribution in [3.8, 4) is 0 Å². The molecule has 17 heavy (non-hydrogen) atoms. The zero-order valence-electron chi connectivity index (χ0n) is 11.8. The number of nitrogens with zero attached hydrogens (tertiary/aromatic N) is 2. The van der Waals surface area contributed by atoms with Gasteiger partial charge in [-0.25, -0.2) is 0 Å². The minimum atomic E-state index is 0.711. The molecule has 0 amide bonds. The number of nitrogens with one attached hydrogen (secondary N) is 1. The molecule has 0 aromatic carbocycles. The zero-order chi connectivity index (χ0) is 12.3. The van der Waals surface area contributed by atoms with Crippen LogP contribution in [0.15, 0.2) is 0 Å². The molecule has 2 fully saturated rings. The molecule has 3 nitrogen and oxygen atoms in total. The number of likely N-dealkylation sites (tertiary alicyclic amines) is 1. The Morgan fingerprint density at radius 1 is 1.29 bits per heavy atom. The van der Waals surface area contributed by atoms with Crippen molar-refractivity contribution in [2.75, 3.05) is 32.7 Å². The van der Waals surface area contributed by atoms with Crippen molar-refractivity contribution in [2.45, 2.75) is 58.2 Å². The largest absolute Gasteiger partial charge is 0.315 e. The van der Waals surface area contributed by atoms with E-state index in [-0.39, 0.29) is 0 Å². The Morgan fingerprint density at radius 2 is 2.12 bits per heavy atom. The van der Waals surface area contributed by atoms with Gasteiger partial charge in [-0.15, -0.1) is 0 Å². The fourth-order valence-corrected chi connectivity index (χ4v) is 3.44. The molecule has 3 heteroatoms. The van der Waals surface area contributed by atoms with Gasteiger partial charge in [0, 0.05) is 37.8 Å². The highest BCUT2D eigenvalue weighted by Gasteiger charge is 2.32. The van der Waals surface area contributed by atoms with Crippen LogP contribution >= 0.6 is 0 Å². The minimum Gasteiger partial charge on any atom is -0.315 e. The van der Waals surface area contributed by atoms with Crippen molar-refractivity contribution in [3.63, 3.8) is 0 Å². The topological polar surface area (TPSA) is 18.5 Å². The monoisotopic (exact) mass is 239 g/mol. The maximum absolute atomic E-state index is 3.55. The van der Waals surface area contributed by atoms with E-state index in [1.807, 2.05) is 0 Å². The molecule has 0 aliphatic carbocycles. The first-order chi connectivity index (χ1) is 8.22. The summed E-state index contributed by atoms with van der Waals surface area (Å²) in [7, 11) is 0. The molecule has 2 aliphatic heterocycles. The molecule has 0 radical (unpaired) electrons. The summed E-state index contributed by atoms with van der Waals surface area (Å²) >= 11 is 0. The highest BCUT2D eigenvalue weighted by Crippen LogP contribution is 2.22. The van der Waals surface area contributed by atoms with Gasteiger partial charge in [-0.3, -0.25) is 9.80 Å². The van der Waals surface area contributed by atoms with Gasteiger partial charge >= 0.3 is 0 Å². The SMILES string of the molecule is CCN(C1CCCNC1)C1CCN(C(C)C)C1. The Kier molecular flexibility index (Phi) is 4.83. The second-order valence-electron chi connectivity index (χ2n) is 5.86. The van der Waals surface area contributed by atoms with Crippen molar-refractivity contribution < 1.29 is 0 Å². The maximum Gasteiger partial charge on any atom is 0.0238 e. The second-order valence-corrected chi connectivity index (χ2v) is 5.86. The van der Waals surface area contributed by atoms with Gasteiger partial charge in [0.1, 0.15) is 0 Å². The number of hydrogen-bond acceptors (Lipinski definition) is 3. The highest BCUT2D eigenvalue weighted by atomic mass is 15.3. The normalized spacial score (nSPS) is 31.6. The number of hydrogen-bond donors (Lipinski definition) is 1. The number of piperidine rings is 1. The van der Waals surface area contributed by atoms with Crippen LogP contribution in [0, 0.1) is 0 Å². The lowest BCUT2D eigenvalue weighted by atomic mass is 10.0. The standard InChI is InChI=1S/C14H29N3/c1-4-17(13-6-5-8-15-10-13)14-7-9-16(11-14)12(2)3/h12-15H,4-11H2,1-3H3. The van der Waals surface area contributed by atoms with Gasteiger partial charge < -0.3 is 5.32 Å². The molecule has 0 aromatic heterocycles. The van der Waals surface area contributed by atoms with Crippen molar-refractivity contribution >= 4 is 0 Å². The summed E-state index contributed by atoms with van der Waals surface area (Å²) in [6.45, 7) is 13.2. The summed E-state index contributed by atoms with van der Waals surface area (Å²) in [5, 5.41) is 3.55. The van der Waals surface area contributed by atoms with E-state index in [4.69, 9.17) is 0 Å². The Morgan fingerprint density at radius 3 is 2.65 bits per heavy atom. The third-order valence-corrected chi connectivity index (χ3v) is 4.50. The van der Waals surface area contributed by atoms with Crippen LogP contribution in [0.5, 0.6) is 0 Å². The Bertz CT molecular complexity index is 224. The van der Waals surface area contributed by atoms with E-state index in [0.717, 1.165) is 12.1 Å². The van der Waals surface area contributed by atoms with Crippen LogP contribution in [0.1, 0.15) is 40.0 Å². The molecule has 100 valence electrons. The van der Waals surface area contributed by atoms with Gasteiger partial charge in [0.25, 0.3) is 0 Å². The third-order valence-electron chi connectivity index (χ3n) is 4.50. The molecular weight excluding hydrogens is 210 g/mol. The van der Waals surface area contributed by atoms with E-state index in [9.17, 15) is 0 Å². The van der Waals surface area contributed by atoms with Gasteiger partial charge in [-0.2, -0.15) is 0 Å². The van der Waals surface area contributed by atoms with Crippen LogP contribution in [-0.4, -0.2) is 60.6 Å². The summed E-state index contributed by atoms with van der Waals surface area (Å²) in [5.41, 5.74) is 0. The zero-order valence-corrected chi connectivity index (χ0v) is 11.8. The molecule has 0 aromatic rings. The molecule has 2 rings (SSSR count). The molecule has 1 N–H and O–H groups in total. The predicted molar refractivity (Wildman–Crippen MR) is 73.4 cm³/mol. The van der Waals surface area contributed by atoms with Crippen molar-refractivity contribution in [1.82, 2.24) is 15.1 Å². The fraction of sp³-hybridized carbons (Fsp3) is 1.00. The number of rotatable bonds is 4. The lowest BCUT2D eigenvalue weighted by molar-refractivity contribution is 0.117. The van der Waals surface area contributed by atoms with Gasteiger partial charge in [0.2, 0.25) is 0 Å². The lowest BCUT2D eigenvalue weighted by Crippen LogP contribution is -2.51. The van der Waals surface area contributed by atoms with E-state index in [2.05, 4.69) is 35.9 Å². The van der Waals surface area contributed by atoms with E-state index in [0.29, 0.717) is 6.04 Å². The lowest BCUT2D eigenvalue weighted by Gasteiger charge is -2.38. The molecule has 2 unspecified atom stereocenters. The minimum absolute atomic E-state index is 0.711. The van der Waals surface area contributed by atoms with Crippen LogP contribution < -0.4 is 5.32 Å². The Balaban J connectivity index is 1.90. The molecule has 0 saturated carbocycles. The van der Waals surface area contributed by atoms with Crippen LogP contribution in [0.3, 0.4) is 0 Å². The predicted octanol–water partition coefficient (Wildman–Crippen LogP) is 1.54. The average molecular weight is 239 g/mol.